The normalized spacial score (nSPS) is 10.6. The fraction of sp³-hybridized carbons (Fsp3) is 0.0667. The van der Waals surface area contributed by atoms with Crippen LogP contribution in [0.15, 0.2) is 47.8 Å². The average Bonchev–Trinajstić information content (AvgIpc) is 3.10. The molecule has 3 aromatic rings. The number of aromatic nitrogens is 2. The second-order valence-electron chi connectivity index (χ2n) is 4.48. The number of aryl methyl sites for hydroxylation is 1. The van der Waals surface area contributed by atoms with Gasteiger partial charge in [-0.1, -0.05) is 6.07 Å². The summed E-state index contributed by atoms with van der Waals surface area (Å²) in [5.41, 5.74) is 1.75. The van der Waals surface area contributed by atoms with Gasteiger partial charge in [-0.15, -0.1) is 11.3 Å². The largest absolute Gasteiger partial charge is 0.321 e. The molecule has 2 aromatic heterocycles. The van der Waals surface area contributed by atoms with Gasteiger partial charge >= 0.3 is 0 Å². The Labute approximate surface area is 124 Å². The molecule has 3 rings (SSSR count). The van der Waals surface area contributed by atoms with Gasteiger partial charge in [-0.25, -0.2) is 4.39 Å². The van der Waals surface area contributed by atoms with Gasteiger partial charge in [0.25, 0.3) is 5.91 Å². The minimum absolute atomic E-state index is 0.278. The van der Waals surface area contributed by atoms with Crippen molar-refractivity contribution in [3.8, 4) is 10.6 Å². The fourth-order valence-electron chi connectivity index (χ4n) is 1.95. The summed E-state index contributed by atoms with van der Waals surface area (Å²) in [6.07, 6.45) is 0. The van der Waals surface area contributed by atoms with Gasteiger partial charge in [0.2, 0.25) is 0 Å². The van der Waals surface area contributed by atoms with Gasteiger partial charge in [0, 0.05) is 12.7 Å². The van der Waals surface area contributed by atoms with Crippen molar-refractivity contribution >= 4 is 22.9 Å². The van der Waals surface area contributed by atoms with Crippen molar-refractivity contribution in [3.05, 3.63) is 59.4 Å². The number of nitrogens with zero attached hydrogens (tertiary/aromatic N) is 2. The van der Waals surface area contributed by atoms with Crippen LogP contribution in [-0.4, -0.2) is 15.7 Å². The number of hydrogen-bond acceptors (Lipinski definition) is 3. The quantitative estimate of drug-likeness (QED) is 0.804. The van der Waals surface area contributed by atoms with Crippen molar-refractivity contribution in [1.82, 2.24) is 9.78 Å². The average molecular weight is 301 g/mol. The van der Waals surface area contributed by atoms with E-state index in [1.54, 1.807) is 24.5 Å². The molecule has 0 saturated heterocycles. The van der Waals surface area contributed by atoms with Crippen LogP contribution in [0, 0.1) is 5.82 Å². The van der Waals surface area contributed by atoms with E-state index in [1.165, 1.54) is 28.9 Å². The molecule has 2 heterocycles. The van der Waals surface area contributed by atoms with E-state index >= 15 is 0 Å². The highest BCUT2D eigenvalue weighted by Crippen LogP contribution is 2.24. The predicted molar refractivity (Wildman–Crippen MR) is 80.9 cm³/mol. The zero-order valence-corrected chi connectivity index (χ0v) is 12.0. The molecular weight excluding hydrogens is 289 g/mol. The van der Waals surface area contributed by atoms with E-state index in [9.17, 15) is 9.18 Å². The molecule has 0 spiro atoms. The zero-order chi connectivity index (χ0) is 14.8. The molecule has 0 aliphatic heterocycles. The second kappa shape index (κ2) is 5.49. The third-order valence-corrected chi connectivity index (χ3v) is 3.88. The lowest BCUT2D eigenvalue weighted by Gasteiger charge is -2.04. The van der Waals surface area contributed by atoms with Gasteiger partial charge < -0.3 is 5.32 Å². The lowest BCUT2D eigenvalue weighted by atomic mass is 10.2. The smallest absolute Gasteiger partial charge is 0.273 e. The summed E-state index contributed by atoms with van der Waals surface area (Å²) in [7, 11) is 1.72. The highest BCUT2D eigenvalue weighted by molar-refractivity contribution is 7.13. The van der Waals surface area contributed by atoms with Crippen LogP contribution in [-0.2, 0) is 7.05 Å². The lowest BCUT2D eigenvalue weighted by molar-refractivity contribution is 0.101. The van der Waals surface area contributed by atoms with Gasteiger partial charge in [-0.3, -0.25) is 9.48 Å². The molecule has 0 bridgehead atoms. The molecule has 0 radical (unpaired) electrons. The molecule has 4 nitrogen and oxygen atoms in total. The van der Waals surface area contributed by atoms with Gasteiger partial charge in [-0.05, 0) is 41.8 Å². The Morgan fingerprint density at radius 3 is 2.71 bits per heavy atom. The monoisotopic (exact) mass is 301 g/mol. The molecule has 0 saturated carbocycles. The molecule has 0 atom stereocenters. The molecule has 0 fully saturated rings. The number of thiophene rings is 1. The van der Waals surface area contributed by atoms with Crippen LogP contribution < -0.4 is 5.32 Å². The summed E-state index contributed by atoms with van der Waals surface area (Å²) in [6.45, 7) is 0. The Balaban J connectivity index is 1.83. The number of carbonyl (C=O) groups is 1. The first-order valence-electron chi connectivity index (χ1n) is 6.28. The Bertz CT molecular complexity index is 763. The molecule has 1 amide bonds. The number of anilines is 1. The predicted octanol–water partition coefficient (Wildman–Crippen LogP) is 3.54. The number of nitrogens with one attached hydrogen (secondary N) is 1. The third-order valence-electron chi connectivity index (χ3n) is 2.99. The highest BCUT2D eigenvalue weighted by atomic mass is 32.1. The first kappa shape index (κ1) is 13.5. The Morgan fingerprint density at radius 2 is 2.05 bits per heavy atom. The summed E-state index contributed by atoms with van der Waals surface area (Å²) in [5, 5.41) is 9.02. The molecule has 1 N–H and O–H groups in total. The highest BCUT2D eigenvalue weighted by Gasteiger charge is 2.14. The lowest BCUT2D eigenvalue weighted by Crippen LogP contribution is -2.15. The van der Waals surface area contributed by atoms with E-state index in [4.69, 9.17) is 0 Å². The summed E-state index contributed by atoms with van der Waals surface area (Å²) in [6, 6.07) is 11.3. The van der Waals surface area contributed by atoms with Crippen molar-refractivity contribution in [2.24, 2.45) is 7.05 Å². The molecule has 1 aromatic carbocycles. The maximum Gasteiger partial charge on any atom is 0.273 e. The number of rotatable bonds is 3. The Kier molecular flexibility index (Phi) is 3.53. The maximum atomic E-state index is 12.8. The second-order valence-corrected chi connectivity index (χ2v) is 5.42. The number of halogens is 1. The molecule has 21 heavy (non-hydrogen) atoms. The van der Waals surface area contributed by atoms with Gasteiger partial charge in [0.05, 0.1) is 4.88 Å². The summed E-state index contributed by atoms with van der Waals surface area (Å²) in [4.78, 5) is 13.2. The number of hydrogen-bond donors (Lipinski definition) is 1. The SMILES string of the molecule is Cn1nc(-c2cccs2)cc1C(=O)Nc1ccc(F)cc1. The van der Waals surface area contributed by atoms with Crippen LogP contribution in [0.5, 0.6) is 0 Å². The minimum Gasteiger partial charge on any atom is -0.321 e. The molecular formula is C15H12FN3OS. The third kappa shape index (κ3) is 2.85. The molecule has 0 aliphatic rings. The summed E-state index contributed by atoms with van der Waals surface area (Å²) >= 11 is 1.57. The van der Waals surface area contributed by atoms with Crippen molar-refractivity contribution in [2.75, 3.05) is 5.32 Å². The fourth-order valence-corrected chi connectivity index (χ4v) is 2.63. The van der Waals surface area contributed by atoms with E-state index in [0.717, 1.165) is 10.6 Å². The first-order chi connectivity index (χ1) is 10.1. The topological polar surface area (TPSA) is 46.9 Å². The summed E-state index contributed by atoms with van der Waals surface area (Å²) in [5.74, 6) is -0.618. The maximum absolute atomic E-state index is 12.8. The van der Waals surface area contributed by atoms with Crippen molar-refractivity contribution in [2.45, 2.75) is 0 Å². The molecule has 106 valence electrons. The van der Waals surface area contributed by atoms with E-state index in [0.29, 0.717) is 11.4 Å². The number of carbonyl (C=O) groups excluding carboxylic acids is 1. The van der Waals surface area contributed by atoms with Gasteiger partial charge in [0.1, 0.15) is 17.2 Å². The van der Waals surface area contributed by atoms with Gasteiger partial charge in [0.15, 0.2) is 0 Å². The summed E-state index contributed by atoms with van der Waals surface area (Å²) < 4.78 is 14.4. The van der Waals surface area contributed by atoms with Crippen LogP contribution >= 0.6 is 11.3 Å². The minimum atomic E-state index is -0.339. The van der Waals surface area contributed by atoms with Crippen molar-refractivity contribution < 1.29 is 9.18 Å². The van der Waals surface area contributed by atoms with Crippen LogP contribution in [0.3, 0.4) is 0 Å². The standard InChI is InChI=1S/C15H12FN3OS/c1-19-13(9-12(18-19)14-3-2-8-21-14)15(20)17-11-6-4-10(16)5-7-11/h2-9H,1H3,(H,17,20). The van der Waals surface area contributed by atoms with E-state index < -0.39 is 0 Å². The van der Waals surface area contributed by atoms with E-state index in [2.05, 4.69) is 10.4 Å². The first-order valence-corrected chi connectivity index (χ1v) is 7.16. The van der Waals surface area contributed by atoms with Crippen LogP contribution in [0.2, 0.25) is 0 Å². The van der Waals surface area contributed by atoms with Crippen molar-refractivity contribution in [3.63, 3.8) is 0 Å². The number of benzene rings is 1. The Morgan fingerprint density at radius 1 is 1.29 bits per heavy atom. The van der Waals surface area contributed by atoms with E-state index in [-0.39, 0.29) is 11.7 Å². The zero-order valence-electron chi connectivity index (χ0n) is 11.2. The van der Waals surface area contributed by atoms with Crippen LogP contribution in [0.1, 0.15) is 10.5 Å². The molecule has 0 aliphatic carbocycles. The number of amides is 1. The van der Waals surface area contributed by atoms with Crippen LogP contribution in [0.4, 0.5) is 10.1 Å². The molecule has 0 unspecified atom stereocenters. The molecule has 6 heteroatoms. The Hall–Kier alpha value is -2.47. The van der Waals surface area contributed by atoms with Crippen LogP contribution in [0.25, 0.3) is 10.6 Å². The van der Waals surface area contributed by atoms with Crippen molar-refractivity contribution in [1.29, 1.82) is 0 Å². The van der Waals surface area contributed by atoms with E-state index in [1.807, 2.05) is 17.5 Å². The van der Waals surface area contributed by atoms with Gasteiger partial charge in [-0.2, -0.15) is 5.10 Å².